The zero-order valence-corrected chi connectivity index (χ0v) is 62.0. The van der Waals surface area contributed by atoms with Crippen LogP contribution in [0.2, 0.25) is 0 Å². The summed E-state index contributed by atoms with van der Waals surface area (Å²) in [7, 11) is 4.05. The van der Waals surface area contributed by atoms with Crippen molar-refractivity contribution in [2.75, 3.05) is 280 Å². The van der Waals surface area contributed by atoms with E-state index in [9.17, 15) is 10.2 Å². The van der Waals surface area contributed by atoms with Gasteiger partial charge in [0.25, 0.3) is 0 Å². The molecule has 1 N–H and O–H groups in total. The van der Waals surface area contributed by atoms with Gasteiger partial charge in [-0.05, 0) is 108 Å². The first-order valence-corrected chi connectivity index (χ1v) is 36.5. The topological polar surface area (TPSA) is 240 Å². The van der Waals surface area contributed by atoms with Crippen LogP contribution in [0, 0.1) is 30.1 Å². The molecule has 574 valence electrons. The zero-order chi connectivity index (χ0) is 73.0. The van der Waals surface area contributed by atoms with Gasteiger partial charge in [-0.1, -0.05) is 90.1 Å². The second-order valence-electron chi connectivity index (χ2n) is 24.2. The van der Waals surface area contributed by atoms with Crippen LogP contribution in [0.3, 0.4) is 0 Å². The first kappa shape index (κ1) is 87.5. The van der Waals surface area contributed by atoms with Gasteiger partial charge in [-0.25, -0.2) is 0 Å². The molecular weight excluding hydrogens is 1320 g/mol. The summed E-state index contributed by atoms with van der Waals surface area (Å²) < 4.78 is 95.8. The van der Waals surface area contributed by atoms with Crippen molar-refractivity contribution in [3.05, 3.63) is 165 Å². The van der Waals surface area contributed by atoms with Gasteiger partial charge < -0.3 is 100 Å². The fourth-order valence-electron chi connectivity index (χ4n) is 10.9. The molecule has 0 bridgehead atoms. The number of unbranched alkanes of at least 4 members (excludes halogenated alkanes) is 2. The third kappa shape index (κ3) is 38.6. The Bertz CT molecular complexity index is 2880. The maximum absolute atomic E-state index is 11.8. The average Bonchev–Trinajstić information content (AvgIpc) is 0.739. The van der Waals surface area contributed by atoms with Gasteiger partial charge in [-0.3, -0.25) is 0 Å². The van der Waals surface area contributed by atoms with E-state index in [0.717, 1.165) is 64.1 Å². The van der Waals surface area contributed by atoms with Crippen molar-refractivity contribution in [2.45, 2.75) is 51.6 Å². The molecule has 0 saturated heterocycles. The quantitative estimate of drug-likeness (QED) is 0.0216. The SMILES string of the molecule is Cc1cc(N(CCOCCOCCOCCOCCOCCOCCCCCOCCOCCN=O)Cc2ccccc2)ccc1C(C#N)(c1ccc(N(C)C)cc1)c1ccc(N(CCOCCOCCOCCOCCOCCOCCOCCOCCOCCO)Cc2ccccc2)cc1C. The molecule has 0 spiro atoms. The number of anilines is 3. The highest BCUT2D eigenvalue weighted by molar-refractivity contribution is 5.66. The minimum absolute atomic E-state index is 0.0105. The number of aliphatic hydroxyl groups excluding tert-OH is 1. The number of nitroso groups, excluding NO2 is 1. The lowest BCUT2D eigenvalue weighted by molar-refractivity contribution is -0.0254. The maximum Gasteiger partial charge on any atom is 0.133 e. The van der Waals surface area contributed by atoms with E-state index in [1.54, 1.807) is 0 Å². The van der Waals surface area contributed by atoms with Crippen molar-refractivity contribution in [1.82, 2.24) is 0 Å². The van der Waals surface area contributed by atoms with Crippen molar-refractivity contribution in [1.29, 1.82) is 5.26 Å². The summed E-state index contributed by atoms with van der Waals surface area (Å²) in [6.07, 6.45) is 2.96. The molecule has 0 aromatic heterocycles. The van der Waals surface area contributed by atoms with Gasteiger partial charge in [-0.15, -0.1) is 0 Å². The van der Waals surface area contributed by atoms with E-state index in [-0.39, 0.29) is 13.2 Å². The Morgan fingerprint density at radius 2 is 0.650 bits per heavy atom. The molecular formula is C79H119N5O19. The first-order chi connectivity index (χ1) is 50.8. The zero-order valence-electron chi connectivity index (χ0n) is 62.0. The predicted molar refractivity (Wildman–Crippen MR) is 399 cm³/mol. The highest BCUT2D eigenvalue weighted by Crippen LogP contribution is 2.44. The van der Waals surface area contributed by atoms with Crippen molar-refractivity contribution in [2.24, 2.45) is 5.18 Å². The smallest absolute Gasteiger partial charge is 0.133 e. The minimum Gasteiger partial charge on any atom is -0.394 e. The van der Waals surface area contributed by atoms with Gasteiger partial charge in [0, 0.05) is 70.6 Å². The normalized spacial score (nSPS) is 12.0. The van der Waals surface area contributed by atoms with E-state index in [4.69, 9.17) is 85.6 Å². The molecule has 24 heteroatoms. The number of rotatable bonds is 69. The largest absolute Gasteiger partial charge is 0.394 e. The lowest BCUT2D eigenvalue weighted by atomic mass is 9.68. The van der Waals surface area contributed by atoms with Gasteiger partial charge >= 0.3 is 0 Å². The molecule has 24 nitrogen and oxygen atoms in total. The Kier molecular flexibility index (Phi) is 50.2. The number of aryl methyl sites for hydroxylation is 2. The van der Waals surface area contributed by atoms with Gasteiger partial charge in [0.1, 0.15) is 12.0 Å². The monoisotopic (exact) mass is 1440 g/mol. The maximum atomic E-state index is 11.8. The van der Waals surface area contributed by atoms with Gasteiger partial charge in [0.05, 0.1) is 224 Å². The molecule has 5 aromatic rings. The van der Waals surface area contributed by atoms with Crippen LogP contribution in [0.25, 0.3) is 0 Å². The number of nitriles is 1. The lowest BCUT2D eigenvalue weighted by Crippen LogP contribution is -2.31. The lowest BCUT2D eigenvalue weighted by Gasteiger charge is -2.34. The van der Waals surface area contributed by atoms with Crippen LogP contribution in [0.4, 0.5) is 17.1 Å². The third-order valence-corrected chi connectivity index (χ3v) is 16.2. The molecule has 0 saturated carbocycles. The number of ether oxygens (including phenoxy) is 17. The molecule has 0 fully saturated rings. The number of hydrogen-bond acceptors (Lipinski definition) is 24. The molecule has 0 aliphatic heterocycles. The number of aliphatic hydroxyl groups is 1. The predicted octanol–water partition coefficient (Wildman–Crippen LogP) is 9.45. The molecule has 0 amide bonds. The van der Waals surface area contributed by atoms with Crippen LogP contribution in [0.1, 0.15) is 58.2 Å². The molecule has 1 unspecified atom stereocenters. The Balaban J connectivity index is 1.03. The van der Waals surface area contributed by atoms with E-state index in [2.05, 4.69) is 149 Å². The van der Waals surface area contributed by atoms with Crippen LogP contribution < -0.4 is 14.7 Å². The summed E-state index contributed by atoms with van der Waals surface area (Å²) in [5.74, 6) is 0. The highest BCUT2D eigenvalue weighted by atomic mass is 16.6. The minimum atomic E-state index is -1.16. The van der Waals surface area contributed by atoms with Crippen molar-refractivity contribution in [3.63, 3.8) is 0 Å². The molecule has 0 heterocycles. The van der Waals surface area contributed by atoms with E-state index in [0.29, 0.717) is 251 Å². The van der Waals surface area contributed by atoms with Crippen molar-refractivity contribution < 1.29 is 85.6 Å². The summed E-state index contributed by atoms with van der Waals surface area (Å²) in [6, 6.07) is 45.2. The van der Waals surface area contributed by atoms with E-state index in [1.165, 1.54) is 11.1 Å². The second kappa shape index (κ2) is 59.1. The van der Waals surface area contributed by atoms with Gasteiger partial charge in [0.2, 0.25) is 0 Å². The summed E-state index contributed by atoms with van der Waals surface area (Å²) in [6.45, 7) is 23.3. The number of nitrogens with zero attached hydrogens (tertiary/aromatic N) is 5. The standard InChI is InChI=1S/C79H119N5O19/c1-69-64-75(83(66-71-14-8-5-9-15-71)27-33-90-39-43-94-47-51-98-55-54-97-50-46-93-42-37-88-31-13-7-12-30-87-36-38-89-32-26-81-86)22-24-77(69)79(68-80,73-18-20-74(21-19-73)82(3)4)78-25-23-76(65-70(78)2)84(67-72-16-10-6-11-17-72)28-34-91-40-44-95-48-52-99-56-58-101-60-62-103-63-61-102-59-57-100-53-49-96-45-41-92-35-29-85/h5-6,8-11,14-25,64-65,85H,7,12-13,26-63,66-67H2,1-4H3. The van der Waals surface area contributed by atoms with Gasteiger partial charge in [-0.2, -0.15) is 10.2 Å². The molecule has 0 radical (unpaired) electrons. The van der Waals surface area contributed by atoms with Crippen molar-refractivity contribution in [3.8, 4) is 6.07 Å². The molecule has 0 aliphatic rings. The molecule has 103 heavy (non-hydrogen) atoms. The van der Waals surface area contributed by atoms with E-state index < -0.39 is 5.41 Å². The summed E-state index contributed by atoms with van der Waals surface area (Å²) in [5, 5.41) is 23.3. The Labute approximate surface area is 613 Å². The number of hydrogen-bond donors (Lipinski definition) is 1. The van der Waals surface area contributed by atoms with Crippen molar-refractivity contribution >= 4 is 17.1 Å². The average molecular weight is 1440 g/mol. The first-order valence-electron chi connectivity index (χ1n) is 36.5. The second-order valence-corrected chi connectivity index (χ2v) is 24.2. The Morgan fingerprint density at radius 3 is 0.942 bits per heavy atom. The highest BCUT2D eigenvalue weighted by Gasteiger charge is 2.40. The molecule has 1 atom stereocenters. The summed E-state index contributed by atoms with van der Waals surface area (Å²) in [5.41, 5.74) is 9.02. The van der Waals surface area contributed by atoms with Crippen LogP contribution in [0.5, 0.6) is 0 Å². The molecule has 5 rings (SSSR count). The van der Waals surface area contributed by atoms with E-state index in [1.807, 2.05) is 26.2 Å². The van der Waals surface area contributed by atoms with Crippen LogP contribution >= 0.6 is 0 Å². The van der Waals surface area contributed by atoms with Crippen LogP contribution in [0.15, 0.2) is 127 Å². The Hall–Kier alpha value is -6.13. The molecule has 5 aromatic carbocycles. The fourth-order valence-corrected chi connectivity index (χ4v) is 10.9. The number of benzene rings is 5. The van der Waals surface area contributed by atoms with Crippen LogP contribution in [-0.4, -0.2) is 270 Å². The van der Waals surface area contributed by atoms with Crippen LogP contribution in [-0.2, 0) is 99.0 Å². The summed E-state index contributed by atoms with van der Waals surface area (Å²) >= 11 is 0. The molecule has 0 aliphatic carbocycles. The fraction of sp³-hybridized carbons (Fsp3) is 0.608. The third-order valence-electron chi connectivity index (χ3n) is 16.2. The van der Waals surface area contributed by atoms with E-state index >= 15 is 0 Å². The van der Waals surface area contributed by atoms with Gasteiger partial charge in [0.15, 0.2) is 0 Å². The summed E-state index contributed by atoms with van der Waals surface area (Å²) in [4.78, 5) is 16.8. The Morgan fingerprint density at radius 1 is 0.359 bits per heavy atom.